The van der Waals surface area contributed by atoms with E-state index in [1.54, 1.807) is 0 Å². The lowest BCUT2D eigenvalue weighted by molar-refractivity contribution is 0.413. The van der Waals surface area contributed by atoms with Crippen molar-refractivity contribution in [1.82, 2.24) is 4.98 Å². The predicted octanol–water partition coefficient (Wildman–Crippen LogP) is 3.20. The predicted molar refractivity (Wildman–Crippen MR) is 78.1 cm³/mol. The molecule has 2 rings (SSSR count). The van der Waals surface area contributed by atoms with Gasteiger partial charge in [0, 0.05) is 16.1 Å². The van der Waals surface area contributed by atoms with E-state index in [1.165, 1.54) is 43.8 Å². The average molecular weight is 333 g/mol. The molecule has 0 saturated heterocycles. The van der Waals surface area contributed by atoms with Crippen LogP contribution < -0.4 is 9.46 Å². The molecule has 1 N–H and O–H groups in total. The van der Waals surface area contributed by atoms with Gasteiger partial charge in [-0.15, -0.1) is 0 Å². The standard InChI is InChI=1S/C12H10Cl2N2O3S/c1-19-11-5-10(6-15-7-11)16-20(17,18)12-3-8(13)2-9(14)4-12/h2-7,16H,1H3. The first-order chi connectivity index (χ1) is 9.40. The highest BCUT2D eigenvalue weighted by atomic mass is 35.5. The van der Waals surface area contributed by atoms with Crippen LogP contribution >= 0.6 is 23.2 Å². The molecular formula is C12H10Cl2N2O3S. The number of methoxy groups -OCH3 is 1. The van der Waals surface area contributed by atoms with Crippen LogP contribution in [-0.4, -0.2) is 20.5 Å². The summed E-state index contributed by atoms with van der Waals surface area (Å²) in [5.41, 5.74) is 0.278. The number of sulfonamides is 1. The molecule has 1 aromatic carbocycles. The number of nitrogens with zero attached hydrogens (tertiary/aromatic N) is 1. The van der Waals surface area contributed by atoms with Crippen molar-refractivity contribution in [3.05, 3.63) is 46.7 Å². The van der Waals surface area contributed by atoms with Crippen molar-refractivity contribution in [3.8, 4) is 5.75 Å². The summed E-state index contributed by atoms with van der Waals surface area (Å²) >= 11 is 11.6. The summed E-state index contributed by atoms with van der Waals surface area (Å²) in [7, 11) is -2.33. The minimum Gasteiger partial charge on any atom is -0.495 e. The van der Waals surface area contributed by atoms with E-state index in [0.717, 1.165) is 0 Å². The second-order valence-corrected chi connectivity index (χ2v) is 6.38. The van der Waals surface area contributed by atoms with Crippen LogP contribution in [0.15, 0.2) is 41.6 Å². The summed E-state index contributed by atoms with van der Waals surface area (Å²) in [4.78, 5) is 3.83. The van der Waals surface area contributed by atoms with E-state index >= 15 is 0 Å². The first kappa shape index (κ1) is 14.9. The molecule has 8 heteroatoms. The van der Waals surface area contributed by atoms with E-state index in [2.05, 4.69) is 9.71 Å². The average Bonchev–Trinajstić information content (AvgIpc) is 2.37. The van der Waals surface area contributed by atoms with Crippen LogP contribution in [0.4, 0.5) is 5.69 Å². The number of ether oxygens (including phenoxy) is 1. The van der Waals surface area contributed by atoms with Gasteiger partial charge in [0.05, 0.1) is 30.1 Å². The van der Waals surface area contributed by atoms with Crippen LogP contribution in [0.1, 0.15) is 0 Å². The highest BCUT2D eigenvalue weighted by molar-refractivity contribution is 7.92. The largest absolute Gasteiger partial charge is 0.495 e. The number of hydrogen-bond donors (Lipinski definition) is 1. The summed E-state index contributed by atoms with van der Waals surface area (Å²) in [5, 5.41) is 0.475. The van der Waals surface area contributed by atoms with Gasteiger partial charge in [-0.1, -0.05) is 23.2 Å². The van der Waals surface area contributed by atoms with Gasteiger partial charge in [-0.2, -0.15) is 0 Å². The molecule has 0 spiro atoms. The lowest BCUT2D eigenvalue weighted by Crippen LogP contribution is -2.13. The summed E-state index contributed by atoms with van der Waals surface area (Å²) in [6.07, 6.45) is 2.83. The molecule has 0 unspecified atom stereocenters. The van der Waals surface area contributed by atoms with Crippen molar-refractivity contribution in [2.75, 3.05) is 11.8 Å². The van der Waals surface area contributed by atoms with E-state index in [0.29, 0.717) is 5.75 Å². The quantitative estimate of drug-likeness (QED) is 0.933. The number of nitrogens with one attached hydrogen (secondary N) is 1. The lowest BCUT2D eigenvalue weighted by Gasteiger charge is -2.09. The van der Waals surface area contributed by atoms with Crippen molar-refractivity contribution in [3.63, 3.8) is 0 Å². The van der Waals surface area contributed by atoms with E-state index in [-0.39, 0.29) is 20.6 Å². The monoisotopic (exact) mass is 332 g/mol. The van der Waals surface area contributed by atoms with E-state index in [4.69, 9.17) is 27.9 Å². The molecule has 20 heavy (non-hydrogen) atoms. The molecule has 0 atom stereocenters. The molecule has 1 aromatic heterocycles. The van der Waals surface area contributed by atoms with Crippen LogP contribution in [0.3, 0.4) is 0 Å². The number of benzene rings is 1. The molecule has 106 valence electrons. The van der Waals surface area contributed by atoms with Gasteiger partial charge in [0.25, 0.3) is 10.0 Å². The van der Waals surface area contributed by atoms with Gasteiger partial charge < -0.3 is 4.74 Å². The maximum absolute atomic E-state index is 12.2. The molecule has 0 radical (unpaired) electrons. The number of hydrogen-bond acceptors (Lipinski definition) is 4. The van der Waals surface area contributed by atoms with Gasteiger partial charge in [-0.3, -0.25) is 9.71 Å². The third kappa shape index (κ3) is 3.53. The van der Waals surface area contributed by atoms with Gasteiger partial charge in [0.1, 0.15) is 5.75 Å². The molecule has 0 saturated carbocycles. The van der Waals surface area contributed by atoms with Gasteiger partial charge in [-0.05, 0) is 18.2 Å². The minimum absolute atomic E-state index is 0.0298. The highest BCUT2D eigenvalue weighted by Gasteiger charge is 2.16. The Labute approximate surface area is 126 Å². The fraction of sp³-hybridized carbons (Fsp3) is 0.0833. The van der Waals surface area contributed by atoms with Crippen LogP contribution in [0.25, 0.3) is 0 Å². The first-order valence-electron chi connectivity index (χ1n) is 5.39. The number of aromatic nitrogens is 1. The van der Waals surface area contributed by atoms with Gasteiger partial charge in [-0.25, -0.2) is 8.42 Å². The third-order valence-corrected chi connectivity index (χ3v) is 4.14. The molecule has 0 aliphatic rings. The minimum atomic E-state index is -3.80. The Morgan fingerprint density at radius 3 is 2.35 bits per heavy atom. The number of anilines is 1. The maximum atomic E-state index is 12.2. The highest BCUT2D eigenvalue weighted by Crippen LogP contribution is 2.24. The fourth-order valence-corrected chi connectivity index (χ4v) is 3.24. The van der Waals surface area contributed by atoms with Gasteiger partial charge in [0.2, 0.25) is 0 Å². The molecule has 0 bridgehead atoms. The van der Waals surface area contributed by atoms with Crippen molar-refractivity contribution in [1.29, 1.82) is 0 Å². The van der Waals surface area contributed by atoms with Gasteiger partial charge in [0.15, 0.2) is 0 Å². The zero-order valence-electron chi connectivity index (χ0n) is 10.3. The molecular weight excluding hydrogens is 323 g/mol. The Morgan fingerprint density at radius 1 is 1.10 bits per heavy atom. The van der Waals surface area contributed by atoms with E-state index < -0.39 is 10.0 Å². The van der Waals surface area contributed by atoms with Crippen molar-refractivity contribution in [2.24, 2.45) is 0 Å². The smallest absolute Gasteiger partial charge is 0.262 e. The van der Waals surface area contributed by atoms with Crippen LogP contribution in [0.2, 0.25) is 10.0 Å². The Bertz CT molecular complexity index is 715. The SMILES string of the molecule is COc1cncc(NS(=O)(=O)c2cc(Cl)cc(Cl)c2)c1. The summed E-state index contributed by atoms with van der Waals surface area (Å²) < 4.78 is 31.8. The molecule has 5 nitrogen and oxygen atoms in total. The third-order valence-electron chi connectivity index (χ3n) is 2.35. The first-order valence-corrected chi connectivity index (χ1v) is 7.62. The van der Waals surface area contributed by atoms with Gasteiger partial charge >= 0.3 is 0 Å². The van der Waals surface area contributed by atoms with Crippen LogP contribution in [0.5, 0.6) is 5.75 Å². The number of rotatable bonds is 4. The van der Waals surface area contributed by atoms with Crippen molar-refractivity contribution in [2.45, 2.75) is 4.90 Å². The second-order valence-electron chi connectivity index (χ2n) is 3.82. The van der Waals surface area contributed by atoms with Crippen LogP contribution in [0, 0.1) is 0 Å². The van der Waals surface area contributed by atoms with E-state index in [1.807, 2.05) is 0 Å². The van der Waals surface area contributed by atoms with Crippen molar-refractivity contribution >= 4 is 38.9 Å². The molecule has 0 fully saturated rings. The Balaban J connectivity index is 2.35. The number of pyridine rings is 1. The summed E-state index contributed by atoms with van der Waals surface area (Å²) in [5.74, 6) is 0.439. The van der Waals surface area contributed by atoms with Crippen molar-refractivity contribution < 1.29 is 13.2 Å². The molecule has 0 aliphatic heterocycles. The zero-order valence-corrected chi connectivity index (χ0v) is 12.6. The molecule has 1 heterocycles. The topological polar surface area (TPSA) is 68.3 Å². The second kappa shape index (κ2) is 5.87. The zero-order chi connectivity index (χ0) is 14.8. The molecule has 0 amide bonds. The summed E-state index contributed by atoms with van der Waals surface area (Å²) in [6, 6.07) is 5.58. The molecule has 2 aromatic rings. The Hall–Kier alpha value is -1.50. The van der Waals surface area contributed by atoms with E-state index in [9.17, 15) is 8.42 Å². The maximum Gasteiger partial charge on any atom is 0.262 e. The number of halogens is 2. The summed E-state index contributed by atoms with van der Waals surface area (Å²) in [6.45, 7) is 0. The Kier molecular flexibility index (Phi) is 4.37. The Morgan fingerprint density at radius 2 is 1.75 bits per heavy atom. The molecule has 0 aliphatic carbocycles. The fourth-order valence-electron chi connectivity index (χ4n) is 1.48. The normalized spacial score (nSPS) is 11.2. The van der Waals surface area contributed by atoms with Crippen LogP contribution in [-0.2, 0) is 10.0 Å². The lowest BCUT2D eigenvalue weighted by atomic mass is 10.4.